The molecule has 0 bridgehead atoms. The number of hydrogen-bond acceptors (Lipinski definition) is 3. The molecule has 1 rings (SSSR count). The summed E-state index contributed by atoms with van der Waals surface area (Å²) in [7, 11) is 0. The highest BCUT2D eigenvalue weighted by Crippen LogP contribution is 2.38. The average molecular weight is 178 g/mol. The Bertz CT molecular complexity index is 277. The van der Waals surface area contributed by atoms with Gasteiger partial charge in [-0.05, 0) is 0 Å². The van der Waals surface area contributed by atoms with Gasteiger partial charge in [-0.1, -0.05) is 0 Å². The fourth-order valence-electron chi connectivity index (χ4n) is 0.774. The van der Waals surface area contributed by atoms with Crippen LogP contribution in [0, 0.1) is 0 Å². The van der Waals surface area contributed by atoms with Crippen LogP contribution in [-0.4, -0.2) is 10.1 Å². The minimum atomic E-state index is -4.64. The second kappa shape index (κ2) is 2.54. The number of anilines is 1. The number of hydrogen-bond donors (Lipinski definition) is 2. The van der Waals surface area contributed by atoms with Gasteiger partial charge in [-0.15, -0.1) is 0 Å². The molecule has 12 heavy (non-hydrogen) atoms. The van der Waals surface area contributed by atoms with Gasteiger partial charge in [0.2, 0.25) is 0 Å². The molecular formula is C6H5F3N2O. The van der Waals surface area contributed by atoms with Gasteiger partial charge in [0.05, 0.1) is 18.1 Å². The number of aromatic hydroxyl groups is 1. The van der Waals surface area contributed by atoms with Gasteiger partial charge in [0, 0.05) is 0 Å². The van der Waals surface area contributed by atoms with Gasteiger partial charge in [-0.3, -0.25) is 4.98 Å². The number of rotatable bonds is 0. The van der Waals surface area contributed by atoms with Crippen LogP contribution in [-0.2, 0) is 6.18 Å². The zero-order chi connectivity index (χ0) is 9.35. The molecule has 3 nitrogen and oxygen atoms in total. The summed E-state index contributed by atoms with van der Waals surface area (Å²) < 4.78 is 36.1. The molecule has 0 atom stereocenters. The lowest BCUT2D eigenvalue weighted by Gasteiger charge is -2.09. The highest BCUT2D eigenvalue weighted by atomic mass is 19.4. The van der Waals surface area contributed by atoms with Crippen molar-refractivity contribution < 1.29 is 18.3 Å². The van der Waals surface area contributed by atoms with Gasteiger partial charge in [0.25, 0.3) is 0 Å². The number of halogens is 3. The van der Waals surface area contributed by atoms with Crippen molar-refractivity contribution in [1.82, 2.24) is 4.98 Å². The SMILES string of the molecule is Nc1cncc(O)c1C(F)(F)F. The fourth-order valence-corrected chi connectivity index (χ4v) is 0.774. The molecule has 6 heteroatoms. The summed E-state index contributed by atoms with van der Waals surface area (Å²) in [6.07, 6.45) is -3.11. The van der Waals surface area contributed by atoms with E-state index in [2.05, 4.69) is 4.98 Å². The van der Waals surface area contributed by atoms with Crippen molar-refractivity contribution in [3.63, 3.8) is 0 Å². The molecule has 1 heterocycles. The zero-order valence-electron chi connectivity index (χ0n) is 5.76. The zero-order valence-corrected chi connectivity index (χ0v) is 5.76. The van der Waals surface area contributed by atoms with Crippen LogP contribution in [0.25, 0.3) is 0 Å². The molecule has 3 N–H and O–H groups in total. The lowest BCUT2D eigenvalue weighted by atomic mass is 10.2. The molecule has 1 aromatic rings. The normalized spacial score (nSPS) is 11.6. The highest BCUT2D eigenvalue weighted by Gasteiger charge is 2.36. The number of alkyl halides is 3. The van der Waals surface area contributed by atoms with Gasteiger partial charge >= 0.3 is 6.18 Å². The van der Waals surface area contributed by atoms with Crippen LogP contribution < -0.4 is 5.73 Å². The van der Waals surface area contributed by atoms with Gasteiger partial charge in [0.15, 0.2) is 0 Å². The lowest BCUT2D eigenvalue weighted by Crippen LogP contribution is -2.09. The van der Waals surface area contributed by atoms with E-state index < -0.39 is 23.2 Å². The second-order valence-electron chi connectivity index (χ2n) is 2.12. The van der Waals surface area contributed by atoms with E-state index in [-0.39, 0.29) is 0 Å². The Labute approximate surface area is 65.6 Å². The smallest absolute Gasteiger partial charge is 0.422 e. The van der Waals surface area contributed by atoms with E-state index in [1.165, 1.54) is 0 Å². The van der Waals surface area contributed by atoms with Crippen LogP contribution in [0.1, 0.15) is 5.56 Å². The van der Waals surface area contributed by atoms with E-state index in [1.807, 2.05) is 0 Å². The topological polar surface area (TPSA) is 59.1 Å². The van der Waals surface area contributed by atoms with Crippen molar-refractivity contribution in [2.24, 2.45) is 0 Å². The molecule has 0 fully saturated rings. The maximum Gasteiger partial charge on any atom is 0.422 e. The third-order valence-corrected chi connectivity index (χ3v) is 1.24. The first-order chi connectivity index (χ1) is 5.43. The van der Waals surface area contributed by atoms with Crippen molar-refractivity contribution in [3.8, 4) is 5.75 Å². The maximum atomic E-state index is 12.0. The number of pyridine rings is 1. The standard InChI is InChI=1S/C6H5F3N2O/c7-6(8,9)5-3(10)1-11-2-4(5)12/h1-2,12H,10H2. The molecule has 1 aromatic heterocycles. The Morgan fingerprint density at radius 2 is 1.92 bits per heavy atom. The van der Waals surface area contributed by atoms with Gasteiger partial charge in [-0.2, -0.15) is 13.2 Å². The molecule has 0 spiro atoms. The molecular weight excluding hydrogens is 173 g/mol. The van der Waals surface area contributed by atoms with Gasteiger partial charge < -0.3 is 10.8 Å². The first-order valence-electron chi connectivity index (χ1n) is 2.92. The Hall–Kier alpha value is -1.46. The quantitative estimate of drug-likeness (QED) is 0.631. The summed E-state index contributed by atoms with van der Waals surface area (Å²) in [5.41, 5.74) is 3.15. The first-order valence-corrected chi connectivity index (χ1v) is 2.92. The third-order valence-electron chi connectivity index (χ3n) is 1.24. The monoisotopic (exact) mass is 178 g/mol. The summed E-state index contributed by atoms with van der Waals surface area (Å²) >= 11 is 0. The molecule has 0 unspecified atom stereocenters. The Balaban J connectivity index is 3.31. The Morgan fingerprint density at radius 3 is 2.25 bits per heavy atom. The number of nitrogens with two attached hydrogens (primary N) is 1. The van der Waals surface area contributed by atoms with E-state index in [0.717, 1.165) is 6.20 Å². The molecule has 0 aliphatic rings. The van der Waals surface area contributed by atoms with E-state index >= 15 is 0 Å². The summed E-state index contributed by atoms with van der Waals surface area (Å²) in [6, 6.07) is 0. The van der Waals surface area contributed by atoms with Gasteiger partial charge in [0.1, 0.15) is 11.3 Å². The fraction of sp³-hybridized carbons (Fsp3) is 0.167. The molecule has 0 amide bonds. The summed E-state index contributed by atoms with van der Waals surface area (Å²) in [4.78, 5) is 3.28. The number of nitrogen functional groups attached to an aromatic ring is 1. The van der Waals surface area contributed by atoms with Crippen LogP contribution in [0.5, 0.6) is 5.75 Å². The number of aromatic nitrogens is 1. The summed E-state index contributed by atoms with van der Waals surface area (Å²) in [5.74, 6) is -0.956. The van der Waals surface area contributed by atoms with Crippen LogP contribution >= 0.6 is 0 Å². The minimum absolute atomic E-state index is 0.581. The third kappa shape index (κ3) is 1.41. The van der Waals surface area contributed by atoms with Crippen LogP contribution in [0.3, 0.4) is 0 Å². The van der Waals surface area contributed by atoms with E-state index in [9.17, 15) is 13.2 Å². The lowest BCUT2D eigenvalue weighted by molar-refractivity contribution is -0.138. The Kier molecular flexibility index (Phi) is 1.83. The number of nitrogens with zero attached hydrogens (tertiary/aromatic N) is 1. The summed E-state index contributed by atoms with van der Waals surface area (Å²) in [5, 5.41) is 8.76. The van der Waals surface area contributed by atoms with E-state index in [1.54, 1.807) is 0 Å². The van der Waals surface area contributed by atoms with Crippen LogP contribution in [0.4, 0.5) is 18.9 Å². The van der Waals surface area contributed by atoms with E-state index in [0.29, 0.717) is 6.20 Å². The second-order valence-corrected chi connectivity index (χ2v) is 2.12. The minimum Gasteiger partial charge on any atom is -0.506 e. The van der Waals surface area contributed by atoms with Crippen molar-refractivity contribution in [2.75, 3.05) is 5.73 Å². The molecule has 66 valence electrons. The van der Waals surface area contributed by atoms with Crippen molar-refractivity contribution in [3.05, 3.63) is 18.0 Å². The molecule has 0 aromatic carbocycles. The molecule has 0 saturated heterocycles. The van der Waals surface area contributed by atoms with Crippen molar-refractivity contribution >= 4 is 5.69 Å². The van der Waals surface area contributed by atoms with E-state index in [4.69, 9.17) is 10.8 Å². The predicted octanol–water partition coefficient (Wildman–Crippen LogP) is 1.39. The van der Waals surface area contributed by atoms with Crippen LogP contribution in [0.2, 0.25) is 0 Å². The first kappa shape index (κ1) is 8.63. The van der Waals surface area contributed by atoms with Gasteiger partial charge in [-0.25, -0.2) is 0 Å². The average Bonchev–Trinajstić information content (AvgIpc) is 1.82. The largest absolute Gasteiger partial charge is 0.506 e. The van der Waals surface area contributed by atoms with Crippen LogP contribution in [0.15, 0.2) is 12.4 Å². The molecule has 0 saturated carbocycles. The maximum absolute atomic E-state index is 12.0. The van der Waals surface area contributed by atoms with Crippen molar-refractivity contribution in [2.45, 2.75) is 6.18 Å². The summed E-state index contributed by atoms with van der Waals surface area (Å²) in [6.45, 7) is 0. The molecule has 0 aliphatic heterocycles. The molecule has 0 aliphatic carbocycles. The molecule has 0 radical (unpaired) electrons. The highest BCUT2D eigenvalue weighted by molar-refractivity contribution is 5.52. The predicted molar refractivity (Wildman–Crippen MR) is 35.3 cm³/mol. The Morgan fingerprint density at radius 1 is 1.33 bits per heavy atom. The van der Waals surface area contributed by atoms with Crippen molar-refractivity contribution in [1.29, 1.82) is 0 Å².